The molecule has 2 aliphatic rings. The Balaban J connectivity index is 1.31. The molecule has 0 radical (unpaired) electrons. The first kappa shape index (κ1) is 18.8. The summed E-state index contributed by atoms with van der Waals surface area (Å²) in [6.07, 6.45) is 9.58. The van der Waals surface area contributed by atoms with Crippen LogP contribution in [-0.4, -0.2) is 59.2 Å². The van der Waals surface area contributed by atoms with Gasteiger partial charge in [0.05, 0.1) is 18.1 Å². The number of carbonyl (C=O) groups excluding carboxylic acids is 1. The molecule has 0 unspecified atom stereocenters. The highest BCUT2D eigenvalue weighted by Crippen LogP contribution is 2.26. The van der Waals surface area contributed by atoms with Crippen LogP contribution in [0.15, 0.2) is 24.5 Å². The molecule has 2 aromatic heterocycles. The molecule has 7 nitrogen and oxygen atoms in total. The van der Waals surface area contributed by atoms with Crippen LogP contribution in [0.4, 0.5) is 11.5 Å². The van der Waals surface area contributed by atoms with E-state index in [1.807, 2.05) is 37.5 Å². The molecular formula is C21H30N6O. The second-order valence-corrected chi connectivity index (χ2v) is 8.21. The summed E-state index contributed by atoms with van der Waals surface area (Å²) < 4.78 is 0. The highest BCUT2D eigenvalue weighted by Gasteiger charge is 2.30. The predicted octanol–water partition coefficient (Wildman–Crippen LogP) is 2.47. The van der Waals surface area contributed by atoms with Crippen molar-refractivity contribution in [2.75, 3.05) is 37.4 Å². The Morgan fingerprint density at radius 3 is 2.89 bits per heavy atom. The average Bonchev–Trinajstić information content (AvgIpc) is 3.06. The topological polar surface area (TPSA) is 77.1 Å². The maximum atomic E-state index is 13.1. The molecule has 0 saturated carbocycles. The fourth-order valence-electron chi connectivity index (χ4n) is 4.31. The van der Waals surface area contributed by atoms with Crippen molar-refractivity contribution in [1.29, 1.82) is 0 Å². The monoisotopic (exact) mass is 382 g/mol. The molecule has 1 saturated heterocycles. The first-order valence-electron chi connectivity index (χ1n) is 10.3. The first-order chi connectivity index (χ1) is 13.6. The molecule has 2 N–H and O–H groups in total. The lowest BCUT2D eigenvalue weighted by atomic mass is 9.87. The number of amides is 1. The normalized spacial score (nSPS) is 22.3. The average molecular weight is 383 g/mol. The van der Waals surface area contributed by atoms with E-state index in [9.17, 15) is 4.79 Å². The van der Waals surface area contributed by atoms with Gasteiger partial charge in [-0.3, -0.25) is 9.89 Å². The fraction of sp³-hybridized carbons (Fsp3) is 0.571. The molecule has 0 spiro atoms. The van der Waals surface area contributed by atoms with Crippen molar-refractivity contribution in [1.82, 2.24) is 20.1 Å². The molecule has 0 bridgehead atoms. The Kier molecular flexibility index (Phi) is 5.50. The molecule has 150 valence electrons. The fourth-order valence-corrected chi connectivity index (χ4v) is 4.31. The Morgan fingerprint density at radius 2 is 2.11 bits per heavy atom. The Hall–Kier alpha value is -2.57. The summed E-state index contributed by atoms with van der Waals surface area (Å²) in [4.78, 5) is 21.6. The van der Waals surface area contributed by atoms with Gasteiger partial charge in [-0.2, -0.15) is 5.10 Å². The minimum atomic E-state index is 0.0974. The van der Waals surface area contributed by atoms with Crippen LogP contribution in [0.2, 0.25) is 0 Å². The Bertz CT molecular complexity index is 799. The van der Waals surface area contributed by atoms with Gasteiger partial charge in [-0.25, -0.2) is 4.98 Å². The number of aromatic amines is 1. The third kappa shape index (κ3) is 4.13. The van der Waals surface area contributed by atoms with Crippen LogP contribution in [0.5, 0.6) is 0 Å². The molecule has 1 amide bonds. The van der Waals surface area contributed by atoms with Gasteiger partial charge in [0.1, 0.15) is 5.82 Å². The van der Waals surface area contributed by atoms with E-state index in [1.54, 1.807) is 0 Å². The molecule has 2 aromatic rings. The van der Waals surface area contributed by atoms with Gasteiger partial charge in [0, 0.05) is 51.3 Å². The number of H-pyrrole nitrogens is 1. The zero-order valence-corrected chi connectivity index (χ0v) is 16.8. The molecule has 28 heavy (non-hydrogen) atoms. The Morgan fingerprint density at radius 1 is 1.21 bits per heavy atom. The van der Waals surface area contributed by atoms with E-state index in [0.29, 0.717) is 11.9 Å². The van der Waals surface area contributed by atoms with Gasteiger partial charge in [0.25, 0.3) is 0 Å². The number of nitrogens with one attached hydrogen (secondary N) is 2. The zero-order chi connectivity index (χ0) is 19.5. The van der Waals surface area contributed by atoms with E-state index in [2.05, 4.69) is 31.5 Å². The van der Waals surface area contributed by atoms with Gasteiger partial charge in [-0.05, 0) is 49.8 Å². The number of pyridine rings is 1. The summed E-state index contributed by atoms with van der Waals surface area (Å²) in [6, 6.07) is 4.50. The smallest absolute Gasteiger partial charge is 0.226 e. The standard InChI is InChI=1S/C21H30N6O/c1-26(2)20-8-7-18(14-22-20)24-17-4-3-10-27(11-9-17)21(28)15-5-6-16-13-23-25-19(16)12-15/h7-8,13-15,17,24H,3-6,9-12H2,1-2H3,(H,23,25)/t15-,17+/m0/s1. The number of likely N-dealkylation sites (tertiary alicyclic amines) is 1. The van der Waals surface area contributed by atoms with E-state index >= 15 is 0 Å². The van der Waals surface area contributed by atoms with Crippen LogP contribution in [0.25, 0.3) is 0 Å². The third-order valence-corrected chi connectivity index (χ3v) is 5.99. The van der Waals surface area contributed by atoms with Gasteiger partial charge in [-0.1, -0.05) is 0 Å². The van der Waals surface area contributed by atoms with E-state index in [4.69, 9.17) is 0 Å². The van der Waals surface area contributed by atoms with Crippen molar-refractivity contribution in [3.05, 3.63) is 35.8 Å². The van der Waals surface area contributed by atoms with Crippen LogP contribution >= 0.6 is 0 Å². The van der Waals surface area contributed by atoms with Crippen molar-refractivity contribution in [2.45, 2.75) is 44.6 Å². The third-order valence-electron chi connectivity index (χ3n) is 5.99. The number of anilines is 2. The summed E-state index contributed by atoms with van der Waals surface area (Å²) in [5, 5.41) is 10.8. The molecule has 7 heteroatoms. The van der Waals surface area contributed by atoms with Crippen molar-refractivity contribution in [2.24, 2.45) is 5.92 Å². The van der Waals surface area contributed by atoms with Crippen molar-refractivity contribution in [3.8, 4) is 0 Å². The van der Waals surface area contributed by atoms with Crippen LogP contribution in [-0.2, 0) is 17.6 Å². The SMILES string of the molecule is CN(C)c1ccc(N[C@@H]2CCCN(C(=O)[C@H]3CCc4cn[nH]c4C3)CC2)cn1. The van der Waals surface area contributed by atoms with Gasteiger partial charge >= 0.3 is 0 Å². The van der Waals surface area contributed by atoms with Gasteiger partial charge in [-0.15, -0.1) is 0 Å². The molecule has 1 fully saturated rings. The summed E-state index contributed by atoms with van der Waals surface area (Å²) in [7, 11) is 3.98. The molecule has 4 rings (SSSR count). The maximum absolute atomic E-state index is 13.1. The number of rotatable bonds is 4. The number of aromatic nitrogens is 3. The van der Waals surface area contributed by atoms with E-state index in [0.717, 1.165) is 68.8 Å². The van der Waals surface area contributed by atoms with Crippen LogP contribution in [0, 0.1) is 5.92 Å². The first-order valence-corrected chi connectivity index (χ1v) is 10.3. The van der Waals surface area contributed by atoms with Crippen molar-refractivity contribution < 1.29 is 4.79 Å². The molecule has 0 aromatic carbocycles. The molecular weight excluding hydrogens is 352 g/mol. The highest BCUT2D eigenvalue weighted by atomic mass is 16.2. The summed E-state index contributed by atoms with van der Waals surface area (Å²) in [5.41, 5.74) is 3.47. The number of carbonyl (C=O) groups is 1. The number of hydrogen-bond acceptors (Lipinski definition) is 5. The van der Waals surface area contributed by atoms with E-state index in [-0.39, 0.29) is 5.92 Å². The summed E-state index contributed by atoms with van der Waals surface area (Å²) >= 11 is 0. The number of fused-ring (bicyclic) bond motifs is 1. The van der Waals surface area contributed by atoms with Gasteiger partial charge in [0.2, 0.25) is 5.91 Å². The second-order valence-electron chi connectivity index (χ2n) is 8.21. The highest BCUT2D eigenvalue weighted by molar-refractivity contribution is 5.79. The molecule has 1 aliphatic carbocycles. The van der Waals surface area contributed by atoms with Crippen molar-refractivity contribution in [3.63, 3.8) is 0 Å². The summed E-state index contributed by atoms with van der Waals surface area (Å²) in [6.45, 7) is 1.69. The van der Waals surface area contributed by atoms with E-state index in [1.165, 1.54) is 5.56 Å². The summed E-state index contributed by atoms with van der Waals surface area (Å²) in [5.74, 6) is 1.37. The largest absolute Gasteiger partial charge is 0.381 e. The number of nitrogens with zero attached hydrogens (tertiary/aromatic N) is 4. The number of hydrogen-bond donors (Lipinski definition) is 2. The number of aryl methyl sites for hydroxylation is 1. The zero-order valence-electron chi connectivity index (χ0n) is 16.8. The van der Waals surface area contributed by atoms with Gasteiger partial charge in [0.15, 0.2) is 0 Å². The van der Waals surface area contributed by atoms with Gasteiger partial charge < -0.3 is 15.1 Å². The minimum Gasteiger partial charge on any atom is -0.381 e. The lowest BCUT2D eigenvalue weighted by Gasteiger charge is -2.28. The van der Waals surface area contributed by atoms with Crippen LogP contribution < -0.4 is 10.2 Å². The minimum absolute atomic E-state index is 0.0974. The molecule has 1 aliphatic heterocycles. The van der Waals surface area contributed by atoms with Crippen molar-refractivity contribution >= 4 is 17.4 Å². The van der Waals surface area contributed by atoms with E-state index < -0.39 is 0 Å². The Labute approximate surface area is 166 Å². The lowest BCUT2D eigenvalue weighted by Crippen LogP contribution is -2.39. The van der Waals surface area contributed by atoms with Crippen LogP contribution in [0.1, 0.15) is 36.9 Å². The molecule has 3 heterocycles. The maximum Gasteiger partial charge on any atom is 0.226 e. The van der Waals surface area contributed by atoms with Crippen LogP contribution in [0.3, 0.4) is 0 Å². The lowest BCUT2D eigenvalue weighted by molar-refractivity contribution is -0.135. The molecule has 2 atom stereocenters. The quantitative estimate of drug-likeness (QED) is 0.849. The second kappa shape index (κ2) is 8.20. The predicted molar refractivity (Wildman–Crippen MR) is 111 cm³/mol.